The largest absolute Gasteiger partial charge is 0.495 e. The molecule has 0 bridgehead atoms. The predicted octanol–water partition coefficient (Wildman–Crippen LogP) is 1.74. The molecule has 0 aliphatic heterocycles. The summed E-state index contributed by atoms with van der Waals surface area (Å²) >= 11 is 0. The van der Waals surface area contributed by atoms with Gasteiger partial charge in [0, 0.05) is 19.6 Å². The van der Waals surface area contributed by atoms with E-state index in [4.69, 9.17) is 10.5 Å². The molecule has 0 amide bonds. The van der Waals surface area contributed by atoms with Crippen LogP contribution >= 0.6 is 0 Å². The summed E-state index contributed by atoms with van der Waals surface area (Å²) in [5, 5.41) is 0. The van der Waals surface area contributed by atoms with Crippen LogP contribution in [-0.4, -0.2) is 32.9 Å². The van der Waals surface area contributed by atoms with Gasteiger partial charge < -0.3 is 10.5 Å². The van der Waals surface area contributed by atoms with Crippen LogP contribution in [0, 0.1) is 0 Å². The highest BCUT2D eigenvalue weighted by Gasteiger charge is 2.26. The number of sulfonamides is 1. The minimum absolute atomic E-state index is 0.151. The van der Waals surface area contributed by atoms with Crippen molar-refractivity contribution >= 4 is 10.0 Å². The monoisotopic (exact) mass is 298 g/mol. The summed E-state index contributed by atoms with van der Waals surface area (Å²) in [6.07, 6.45) is 2.30. The third-order valence-electron chi connectivity index (χ3n) is 2.89. The Morgan fingerprint density at radius 3 is 2.65 bits per heavy atom. The van der Waals surface area contributed by atoms with Crippen LogP contribution in [0.5, 0.6) is 5.75 Å². The molecule has 5 nitrogen and oxygen atoms in total. The van der Waals surface area contributed by atoms with Gasteiger partial charge in [-0.25, -0.2) is 8.42 Å². The molecule has 0 atom stereocenters. The second kappa shape index (κ2) is 7.42. The molecule has 0 saturated heterocycles. The maximum Gasteiger partial charge on any atom is 0.247 e. The van der Waals surface area contributed by atoms with Crippen LogP contribution < -0.4 is 10.5 Å². The normalized spacial score (nSPS) is 11.6. The van der Waals surface area contributed by atoms with Crippen molar-refractivity contribution in [2.75, 3.05) is 20.2 Å². The fraction of sp³-hybridized carbons (Fsp3) is 0.429. The molecule has 112 valence electrons. The number of nitrogens with zero attached hydrogens (tertiary/aromatic N) is 1. The lowest BCUT2D eigenvalue weighted by Gasteiger charge is -2.21. The van der Waals surface area contributed by atoms with Crippen LogP contribution in [0.1, 0.15) is 18.9 Å². The van der Waals surface area contributed by atoms with Gasteiger partial charge in [0.25, 0.3) is 0 Å². The summed E-state index contributed by atoms with van der Waals surface area (Å²) in [6, 6.07) is 4.96. The zero-order valence-corrected chi connectivity index (χ0v) is 12.8. The Labute approximate surface area is 121 Å². The summed E-state index contributed by atoms with van der Waals surface area (Å²) in [5.41, 5.74) is 6.33. The first-order valence-corrected chi connectivity index (χ1v) is 7.93. The Morgan fingerprint density at radius 2 is 2.15 bits per heavy atom. The SMILES string of the molecule is C=CCN(CCC)S(=O)(=O)c1cc(CN)ccc1OC. The summed E-state index contributed by atoms with van der Waals surface area (Å²) < 4.78 is 32.0. The number of ether oxygens (including phenoxy) is 1. The molecule has 6 heteroatoms. The first kappa shape index (κ1) is 16.7. The van der Waals surface area contributed by atoms with Crippen LogP contribution in [0.4, 0.5) is 0 Å². The number of rotatable bonds is 8. The van der Waals surface area contributed by atoms with Crippen molar-refractivity contribution < 1.29 is 13.2 Å². The number of hydrogen-bond donors (Lipinski definition) is 1. The molecule has 0 spiro atoms. The maximum absolute atomic E-state index is 12.7. The van der Waals surface area contributed by atoms with Crippen LogP contribution in [0.25, 0.3) is 0 Å². The van der Waals surface area contributed by atoms with Crippen LogP contribution in [0.15, 0.2) is 35.7 Å². The van der Waals surface area contributed by atoms with Gasteiger partial charge in [0.15, 0.2) is 0 Å². The van der Waals surface area contributed by atoms with Gasteiger partial charge in [-0.3, -0.25) is 0 Å². The minimum atomic E-state index is -3.62. The molecular weight excluding hydrogens is 276 g/mol. The first-order valence-electron chi connectivity index (χ1n) is 6.49. The topological polar surface area (TPSA) is 72.6 Å². The van der Waals surface area contributed by atoms with Gasteiger partial charge in [-0.1, -0.05) is 19.1 Å². The highest BCUT2D eigenvalue weighted by atomic mass is 32.2. The van der Waals surface area contributed by atoms with Crippen molar-refractivity contribution in [2.45, 2.75) is 24.8 Å². The second-order valence-electron chi connectivity index (χ2n) is 4.34. The van der Waals surface area contributed by atoms with Gasteiger partial charge in [0.1, 0.15) is 10.6 Å². The van der Waals surface area contributed by atoms with Crippen molar-refractivity contribution in [3.05, 3.63) is 36.4 Å². The van der Waals surface area contributed by atoms with E-state index in [9.17, 15) is 8.42 Å². The zero-order chi connectivity index (χ0) is 15.2. The average molecular weight is 298 g/mol. The van der Waals surface area contributed by atoms with E-state index in [2.05, 4.69) is 6.58 Å². The highest BCUT2D eigenvalue weighted by Crippen LogP contribution is 2.28. The van der Waals surface area contributed by atoms with Crippen LogP contribution in [0.2, 0.25) is 0 Å². The Bertz CT molecular complexity index is 556. The Balaban J connectivity index is 3.34. The maximum atomic E-state index is 12.7. The minimum Gasteiger partial charge on any atom is -0.495 e. The predicted molar refractivity (Wildman–Crippen MR) is 80.1 cm³/mol. The van der Waals surface area contributed by atoms with Crippen molar-refractivity contribution in [2.24, 2.45) is 5.73 Å². The lowest BCUT2D eigenvalue weighted by Crippen LogP contribution is -2.32. The molecule has 1 aromatic carbocycles. The number of methoxy groups -OCH3 is 1. The van der Waals surface area contributed by atoms with Crippen molar-refractivity contribution in [3.8, 4) is 5.75 Å². The molecule has 0 heterocycles. The van der Waals surface area contributed by atoms with E-state index in [0.717, 1.165) is 12.0 Å². The van der Waals surface area contributed by atoms with E-state index in [1.54, 1.807) is 24.3 Å². The number of hydrogen-bond acceptors (Lipinski definition) is 4. The van der Waals surface area contributed by atoms with E-state index in [-0.39, 0.29) is 18.0 Å². The summed E-state index contributed by atoms with van der Waals surface area (Å²) in [5.74, 6) is 0.326. The molecular formula is C14H22N2O3S. The molecule has 1 rings (SSSR count). The summed E-state index contributed by atoms with van der Waals surface area (Å²) in [6.45, 7) is 6.52. The molecule has 1 aromatic rings. The molecule has 0 radical (unpaired) electrons. The summed E-state index contributed by atoms with van der Waals surface area (Å²) in [7, 11) is -2.17. The van der Waals surface area contributed by atoms with E-state index in [0.29, 0.717) is 12.3 Å². The van der Waals surface area contributed by atoms with E-state index < -0.39 is 10.0 Å². The van der Waals surface area contributed by atoms with Gasteiger partial charge in [0.05, 0.1) is 7.11 Å². The molecule has 0 unspecified atom stereocenters. The van der Waals surface area contributed by atoms with Crippen molar-refractivity contribution in [3.63, 3.8) is 0 Å². The zero-order valence-electron chi connectivity index (χ0n) is 12.0. The Hall–Kier alpha value is -1.37. The highest BCUT2D eigenvalue weighted by molar-refractivity contribution is 7.89. The quantitative estimate of drug-likeness (QED) is 0.742. The number of benzene rings is 1. The number of nitrogens with two attached hydrogens (primary N) is 1. The Morgan fingerprint density at radius 1 is 1.45 bits per heavy atom. The van der Waals surface area contributed by atoms with Gasteiger partial charge in [-0.15, -0.1) is 6.58 Å². The van der Waals surface area contributed by atoms with Gasteiger partial charge in [-0.2, -0.15) is 4.31 Å². The van der Waals surface area contributed by atoms with E-state index >= 15 is 0 Å². The lowest BCUT2D eigenvalue weighted by molar-refractivity contribution is 0.395. The van der Waals surface area contributed by atoms with Crippen molar-refractivity contribution in [1.29, 1.82) is 0 Å². The Kier molecular flexibility index (Phi) is 6.19. The van der Waals surface area contributed by atoms with Crippen LogP contribution in [0.3, 0.4) is 0 Å². The third-order valence-corrected chi connectivity index (χ3v) is 4.77. The fourth-order valence-corrected chi connectivity index (χ4v) is 3.60. The standard InChI is InChI=1S/C14H22N2O3S/c1-4-8-16(9-5-2)20(17,18)14-10-12(11-15)6-7-13(14)19-3/h4,6-7,10H,1,5,8-9,11,15H2,2-3H3. The average Bonchev–Trinajstić information content (AvgIpc) is 2.46. The molecule has 0 saturated carbocycles. The molecule has 0 aromatic heterocycles. The molecule has 20 heavy (non-hydrogen) atoms. The molecule has 0 fully saturated rings. The smallest absolute Gasteiger partial charge is 0.247 e. The third kappa shape index (κ3) is 3.59. The molecule has 0 aliphatic rings. The summed E-state index contributed by atoms with van der Waals surface area (Å²) in [4.78, 5) is 0.151. The second-order valence-corrected chi connectivity index (χ2v) is 6.25. The van der Waals surface area contributed by atoms with Gasteiger partial charge in [0.2, 0.25) is 10.0 Å². The molecule has 0 aliphatic carbocycles. The lowest BCUT2D eigenvalue weighted by atomic mass is 10.2. The molecule has 2 N–H and O–H groups in total. The van der Waals surface area contributed by atoms with E-state index in [1.165, 1.54) is 11.4 Å². The first-order chi connectivity index (χ1) is 9.51. The fourth-order valence-electron chi connectivity index (χ4n) is 1.89. The van der Waals surface area contributed by atoms with E-state index in [1.807, 2.05) is 6.92 Å². The van der Waals surface area contributed by atoms with Gasteiger partial charge in [-0.05, 0) is 24.1 Å². The van der Waals surface area contributed by atoms with Crippen molar-refractivity contribution in [1.82, 2.24) is 4.31 Å². The van der Waals surface area contributed by atoms with Gasteiger partial charge >= 0.3 is 0 Å². The van der Waals surface area contributed by atoms with Crippen LogP contribution in [-0.2, 0) is 16.6 Å².